The topological polar surface area (TPSA) is 141 Å². The van der Waals surface area contributed by atoms with Gasteiger partial charge in [-0.15, -0.1) is 0 Å². The standard InChI is InChI=1S/C18H14ClN5O.C7H6ClN3.CH4/c1-10-2-4-11(5-3-10)15-16(25)17(21-9-20-15)24-18-22-13-7-6-12(19)8-14(13)23-18;8-4-1-2-5-6(3-4)11-7(9)10-5;/h2-9,25H,1H3,(H2,20,21,22,23,24);1-3H,(H3,9,10,11);1H4. The highest BCUT2D eigenvalue weighted by atomic mass is 35.5. The van der Waals surface area contributed by atoms with Crippen LogP contribution in [0, 0.1) is 6.92 Å². The van der Waals surface area contributed by atoms with E-state index in [0.29, 0.717) is 27.6 Å². The molecule has 0 atom stereocenters. The van der Waals surface area contributed by atoms with Crippen LogP contribution < -0.4 is 11.1 Å². The molecule has 6 rings (SSSR count). The number of hydrogen-bond donors (Lipinski definition) is 5. The molecule has 0 unspecified atom stereocenters. The number of hydrogen-bond acceptors (Lipinski definition) is 7. The maximum Gasteiger partial charge on any atom is 0.206 e. The number of imidazole rings is 2. The average molecular weight is 535 g/mol. The Hall–Kier alpha value is -4.34. The van der Waals surface area contributed by atoms with Crippen molar-refractivity contribution >= 4 is 63.0 Å². The van der Waals surface area contributed by atoms with E-state index < -0.39 is 0 Å². The van der Waals surface area contributed by atoms with Gasteiger partial charge in [0, 0.05) is 15.6 Å². The molecular formula is C26H24Cl2N8O. The molecule has 6 aromatic rings. The second-order valence-electron chi connectivity index (χ2n) is 7.94. The summed E-state index contributed by atoms with van der Waals surface area (Å²) in [6.45, 7) is 2.00. The van der Waals surface area contributed by atoms with Gasteiger partial charge in [0.05, 0.1) is 22.1 Å². The molecule has 0 fully saturated rings. The minimum absolute atomic E-state index is 0. The predicted molar refractivity (Wildman–Crippen MR) is 151 cm³/mol. The van der Waals surface area contributed by atoms with E-state index in [4.69, 9.17) is 28.9 Å². The smallest absolute Gasteiger partial charge is 0.206 e. The van der Waals surface area contributed by atoms with E-state index in [2.05, 4.69) is 35.2 Å². The number of nitrogens with zero attached hydrogens (tertiary/aromatic N) is 4. The zero-order valence-electron chi connectivity index (χ0n) is 18.9. The third-order valence-corrected chi connectivity index (χ3v) is 5.76. The van der Waals surface area contributed by atoms with E-state index in [-0.39, 0.29) is 19.0 Å². The Bertz CT molecular complexity index is 1680. The lowest BCUT2D eigenvalue weighted by Crippen LogP contribution is -1.98. The number of H-pyrrole nitrogens is 2. The van der Waals surface area contributed by atoms with Crippen LogP contribution in [0.15, 0.2) is 67.0 Å². The van der Waals surface area contributed by atoms with E-state index in [1.165, 1.54) is 6.33 Å². The number of aromatic nitrogens is 6. The summed E-state index contributed by atoms with van der Waals surface area (Å²) in [4.78, 5) is 22.7. The fourth-order valence-corrected chi connectivity index (χ4v) is 3.89. The normalized spacial score (nSPS) is 10.6. The van der Waals surface area contributed by atoms with Crippen molar-refractivity contribution in [2.45, 2.75) is 14.4 Å². The van der Waals surface area contributed by atoms with Gasteiger partial charge < -0.3 is 26.1 Å². The first kappa shape index (κ1) is 25.7. The summed E-state index contributed by atoms with van der Waals surface area (Å²) in [7, 11) is 0. The van der Waals surface area contributed by atoms with Crippen molar-refractivity contribution < 1.29 is 5.11 Å². The molecule has 3 heterocycles. The van der Waals surface area contributed by atoms with Gasteiger partial charge in [-0.3, -0.25) is 0 Å². The molecule has 3 aromatic carbocycles. The number of nitrogens with one attached hydrogen (secondary N) is 3. The minimum Gasteiger partial charge on any atom is -0.503 e. The fraction of sp³-hybridized carbons (Fsp3) is 0.0769. The van der Waals surface area contributed by atoms with Gasteiger partial charge in [0.2, 0.25) is 5.95 Å². The highest BCUT2D eigenvalue weighted by Gasteiger charge is 2.14. The fourth-order valence-electron chi connectivity index (χ4n) is 3.55. The van der Waals surface area contributed by atoms with Gasteiger partial charge in [0.15, 0.2) is 17.5 Å². The molecule has 0 bridgehead atoms. The Morgan fingerprint density at radius 3 is 2.14 bits per heavy atom. The lowest BCUT2D eigenvalue weighted by Gasteiger charge is -2.08. The highest BCUT2D eigenvalue weighted by Crippen LogP contribution is 2.33. The molecule has 0 radical (unpaired) electrons. The van der Waals surface area contributed by atoms with Crippen molar-refractivity contribution in [1.29, 1.82) is 0 Å². The number of nitrogen functional groups attached to an aromatic ring is 1. The predicted octanol–water partition coefficient (Wildman–Crippen LogP) is 6.87. The van der Waals surface area contributed by atoms with Crippen molar-refractivity contribution in [2.75, 3.05) is 11.1 Å². The molecule has 9 nitrogen and oxygen atoms in total. The van der Waals surface area contributed by atoms with Crippen molar-refractivity contribution in [2.24, 2.45) is 0 Å². The van der Waals surface area contributed by atoms with Crippen molar-refractivity contribution in [3.05, 3.63) is 82.6 Å². The number of aryl methyl sites for hydroxylation is 1. The van der Waals surface area contributed by atoms with Crippen LogP contribution >= 0.6 is 23.2 Å². The maximum absolute atomic E-state index is 10.5. The second kappa shape index (κ2) is 10.7. The lowest BCUT2D eigenvalue weighted by atomic mass is 10.1. The molecule has 0 saturated carbocycles. The van der Waals surface area contributed by atoms with Gasteiger partial charge in [-0.2, -0.15) is 0 Å². The van der Waals surface area contributed by atoms with Crippen molar-refractivity contribution in [1.82, 2.24) is 29.9 Å². The van der Waals surface area contributed by atoms with Crippen LogP contribution in [0.1, 0.15) is 13.0 Å². The Balaban J connectivity index is 0.000000224. The third kappa shape index (κ3) is 5.74. The summed E-state index contributed by atoms with van der Waals surface area (Å²) in [5, 5.41) is 14.8. The van der Waals surface area contributed by atoms with Gasteiger partial charge in [0.25, 0.3) is 0 Å². The lowest BCUT2D eigenvalue weighted by molar-refractivity contribution is 0.475. The third-order valence-electron chi connectivity index (χ3n) is 5.29. The summed E-state index contributed by atoms with van der Waals surface area (Å²) in [6.07, 6.45) is 1.40. The number of benzene rings is 3. The largest absolute Gasteiger partial charge is 0.503 e. The highest BCUT2D eigenvalue weighted by molar-refractivity contribution is 6.31. The molecule has 0 amide bonds. The van der Waals surface area contributed by atoms with E-state index >= 15 is 0 Å². The summed E-state index contributed by atoms with van der Waals surface area (Å²) >= 11 is 11.7. The molecule has 188 valence electrons. The van der Waals surface area contributed by atoms with Gasteiger partial charge in [0.1, 0.15) is 12.0 Å². The molecule has 0 aliphatic carbocycles. The maximum atomic E-state index is 10.5. The second-order valence-corrected chi connectivity index (χ2v) is 8.81. The van der Waals surface area contributed by atoms with Crippen LogP contribution in [-0.2, 0) is 0 Å². The van der Waals surface area contributed by atoms with E-state index in [9.17, 15) is 5.11 Å². The Labute approximate surface area is 222 Å². The number of fused-ring (bicyclic) bond motifs is 2. The Morgan fingerprint density at radius 2 is 1.46 bits per heavy atom. The van der Waals surface area contributed by atoms with Gasteiger partial charge >= 0.3 is 0 Å². The molecule has 6 N–H and O–H groups in total. The number of aromatic hydroxyl groups is 1. The summed E-state index contributed by atoms with van der Waals surface area (Å²) < 4.78 is 0. The van der Waals surface area contributed by atoms with E-state index in [0.717, 1.165) is 33.2 Å². The first-order chi connectivity index (χ1) is 17.4. The molecule has 0 aliphatic rings. The van der Waals surface area contributed by atoms with E-state index in [1.807, 2.05) is 43.3 Å². The van der Waals surface area contributed by atoms with Crippen molar-refractivity contribution in [3.63, 3.8) is 0 Å². The first-order valence-electron chi connectivity index (χ1n) is 10.8. The summed E-state index contributed by atoms with van der Waals surface area (Å²) in [5.74, 6) is 1.11. The zero-order valence-corrected chi connectivity index (χ0v) is 20.4. The number of aromatic amines is 2. The number of halogens is 2. The average Bonchev–Trinajstić information content (AvgIpc) is 3.42. The van der Waals surface area contributed by atoms with Crippen LogP contribution in [0.2, 0.25) is 10.0 Å². The molecule has 11 heteroatoms. The van der Waals surface area contributed by atoms with E-state index in [1.54, 1.807) is 24.3 Å². The first-order valence-corrected chi connectivity index (χ1v) is 11.6. The monoisotopic (exact) mass is 534 g/mol. The van der Waals surface area contributed by atoms with Crippen LogP contribution in [0.3, 0.4) is 0 Å². The van der Waals surface area contributed by atoms with Crippen LogP contribution in [0.5, 0.6) is 5.75 Å². The number of rotatable bonds is 3. The van der Waals surface area contributed by atoms with Crippen molar-refractivity contribution in [3.8, 4) is 17.0 Å². The molecule has 0 spiro atoms. The van der Waals surface area contributed by atoms with Gasteiger partial charge in [-0.25, -0.2) is 19.9 Å². The molecule has 37 heavy (non-hydrogen) atoms. The number of nitrogens with two attached hydrogens (primary N) is 1. The van der Waals surface area contributed by atoms with Gasteiger partial charge in [-0.1, -0.05) is 60.5 Å². The Morgan fingerprint density at radius 1 is 0.838 bits per heavy atom. The minimum atomic E-state index is -0.0372. The molecule has 0 aliphatic heterocycles. The van der Waals surface area contributed by atoms with Crippen LogP contribution in [0.25, 0.3) is 33.3 Å². The zero-order chi connectivity index (χ0) is 25.2. The summed E-state index contributed by atoms with van der Waals surface area (Å²) in [6, 6.07) is 18.5. The quantitative estimate of drug-likeness (QED) is 0.167. The van der Waals surface area contributed by atoms with Gasteiger partial charge in [-0.05, 0) is 43.3 Å². The molecule has 0 saturated heterocycles. The van der Waals surface area contributed by atoms with Crippen LogP contribution in [0.4, 0.5) is 17.7 Å². The van der Waals surface area contributed by atoms with Crippen LogP contribution in [-0.4, -0.2) is 35.0 Å². The molecular weight excluding hydrogens is 511 g/mol. The summed E-state index contributed by atoms with van der Waals surface area (Å²) in [5.41, 5.74) is 11.1. The SMILES string of the molecule is C.Cc1ccc(-c2ncnc(Nc3nc4ccc(Cl)cc4[nH]3)c2O)cc1.Nc1nc2ccc(Cl)cc2[nH]1. The Kier molecular flexibility index (Phi) is 7.47. The number of anilines is 3. The molecule has 3 aromatic heterocycles.